The highest BCUT2D eigenvalue weighted by Crippen LogP contribution is 2.36. The second-order valence-electron chi connectivity index (χ2n) is 7.84. The van der Waals surface area contributed by atoms with Gasteiger partial charge in [-0.1, -0.05) is 13.8 Å². The molecule has 1 fully saturated rings. The molecule has 1 aromatic carbocycles. The van der Waals surface area contributed by atoms with E-state index in [4.69, 9.17) is 9.94 Å². The van der Waals surface area contributed by atoms with Gasteiger partial charge in [0.1, 0.15) is 17.4 Å². The average molecular weight is 476 g/mol. The Bertz CT molecular complexity index is 908. The van der Waals surface area contributed by atoms with Crippen LogP contribution in [0.2, 0.25) is 0 Å². The fraction of sp³-hybridized carbons (Fsp3) is 0.478. The largest absolute Gasteiger partial charge is 0.492 e. The highest BCUT2D eigenvalue weighted by Gasteiger charge is 2.22. The Hall–Kier alpha value is -2.66. The lowest BCUT2D eigenvalue weighted by Crippen LogP contribution is -2.45. The van der Waals surface area contributed by atoms with E-state index in [0.717, 1.165) is 61.8 Å². The molecule has 0 unspecified atom stereocenters. The zero-order valence-electron chi connectivity index (χ0n) is 19.1. The summed E-state index contributed by atoms with van der Waals surface area (Å²) < 4.78 is 5.85. The predicted molar refractivity (Wildman–Crippen MR) is 130 cm³/mol. The molecule has 180 valence electrons. The van der Waals surface area contributed by atoms with Gasteiger partial charge in [-0.2, -0.15) is 0 Å². The molecule has 0 spiro atoms. The van der Waals surface area contributed by atoms with Crippen LogP contribution in [0.25, 0.3) is 10.4 Å². The molecule has 1 aliphatic heterocycles. The third-order valence-corrected chi connectivity index (χ3v) is 6.75. The molecule has 9 nitrogen and oxygen atoms in total. The van der Waals surface area contributed by atoms with Gasteiger partial charge < -0.3 is 20.3 Å². The number of thiophene rings is 1. The Balaban J connectivity index is 1.71. The number of ether oxygens (including phenoxy) is 1. The highest BCUT2D eigenvalue weighted by atomic mass is 32.1. The Morgan fingerprint density at radius 1 is 1.24 bits per heavy atom. The van der Waals surface area contributed by atoms with Crippen LogP contribution >= 0.6 is 11.3 Å². The molecule has 2 heterocycles. The van der Waals surface area contributed by atoms with Crippen molar-refractivity contribution in [3.05, 3.63) is 35.9 Å². The van der Waals surface area contributed by atoms with E-state index in [-0.39, 0.29) is 11.9 Å². The van der Waals surface area contributed by atoms with Crippen LogP contribution in [0.15, 0.2) is 30.3 Å². The Kier molecular flexibility index (Phi) is 9.49. The molecule has 3 rings (SSSR count). The average Bonchev–Trinajstić information content (AvgIpc) is 3.26. The summed E-state index contributed by atoms with van der Waals surface area (Å²) in [7, 11) is 0. The monoisotopic (exact) mass is 475 g/mol. The fourth-order valence-corrected chi connectivity index (χ4v) is 4.77. The van der Waals surface area contributed by atoms with Gasteiger partial charge in [-0.25, -0.2) is 10.3 Å². The van der Waals surface area contributed by atoms with E-state index in [1.165, 1.54) is 11.3 Å². The van der Waals surface area contributed by atoms with Crippen LogP contribution in [0.1, 0.15) is 37.0 Å². The molecule has 1 saturated heterocycles. The summed E-state index contributed by atoms with van der Waals surface area (Å²) in [6.07, 6.45) is 1.91. The highest BCUT2D eigenvalue weighted by molar-refractivity contribution is 7.20. The van der Waals surface area contributed by atoms with Gasteiger partial charge in [0.2, 0.25) is 0 Å². The summed E-state index contributed by atoms with van der Waals surface area (Å²) in [5, 5.41) is 18.1. The van der Waals surface area contributed by atoms with E-state index in [0.29, 0.717) is 17.2 Å². The number of rotatable bonds is 10. The van der Waals surface area contributed by atoms with Gasteiger partial charge in [0, 0.05) is 24.0 Å². The van der Waals surface area contributed by atoms with Crippen molar-refractivity contribution in [2.45, 2.75) is 32.7 Å². The smallest absolute Gasteiger partial charge is 0.343 e. The zero-order chi connectivity index (χ0) is 23.6. The van der Waals surface area contributed by atoms with Crippen LogP contribution in [0.3, 0.4) is 0 Å². The zero-order valence-corrected chi connectivity index (χ0v) is 20.0. The molecular weight excluding hydrogens is 442 g/mol. The number of carbonyl (C=O) groups is 2. The molecule has 0 bridgehead atoms. The number of anilines is 1. The number of hydrogen-bond acceptors (Lipinski definition) is 7. The SMILES string of the molecule is CCN(CC)CCOc1ccc(-c2cc(C(=O)N[C@H]3CCCNC3)c(NC(=O)NO)s2)cc1. The summed E-state index contributed by atoms with van der Waals surface area (Å²) in [6, 6.07) is 8.67. The number of nitrogens with one attached hydrogen (secondary N) is 4. The number of urea groups is 1. The standard InChI is InChI=1S/C23H33N5O4S/c1-3-28(4-2)12-13-32-18-9-7-16(8-10-18)20-14-19(22(33-20)26-23(30)27-31)21(29)25-17-6-5-11-24-15-17/h7-10,14,17,24,31H,3-6,11-13,15H2,1-2H3,(H,25,29)(H2,26,27,30)/t17-/m0/s1. The molecule has 3 amide bonds. The number of piperidine rings is 1. The number of benzene rings is 1. The molecule has 2 aromatic rings. The summed E-state index contributed by atoms with van der Waals surface area (Å²) in [4.78, 5) is 27.8. The van der Waals surface area contributed by atoms with Crippen molar-refractivity contribution in [2.75, 3.05) is 44.6 Å². The number of carbonyl (C=O) groups excluding carboxylic acids is 2. The third-order valence-electron chi connectivity index (χ3n) is 5.65. The lowest BCUT2D eigenvalue weighted by molar-refractivity contribution is 0.0932. The van der Waals surface area contributed by atoms with Gasteiger partial charge in [-0.3, -0.25) is 15.3 Å². The molecule has 1 atom stereocenters. The van der Waals surface area contributed by atoms with Gasteiger partial charge in [0.25, 0.3) is 5.91 Å². The van der Waals surface area contributed by atoms with E-state index in [1.54, 1.807) is 11.5 Å². The Morgan fingerprint density at radius 2 is 2.00 bits per heavy atom. The minimum Gasteiger partial charge on any atom is -0.492 e. The summed E-state index contributed by atoms with van der Waals surface area (Å²) in [6.45, 7) is 9.41. The number of likely N-dealkylation sites (N-methyl/N-ethyl adjacent to an activating group) is 1. The predicted octanol–water partition coefficient (Wildman–Crippen LogP) is 3.13. The first-order chi connectivity index (χ1) is 16.0. The lowest BCUT2D eigenvalue weighted by atomic mass is 10.1. The summed E-state index contributed by atoms with van der Waals surface area (Å²) in [5.41, 5.74) is 2.82. The molecule has 33 heavy (non-hydrogen) atoms. The third kappa shape index (κ3) is 7.16. The van der Waals surface area contributed by atoms with Gasteiger partial charge in [0.05, 0.1) is 5.56 Å². The van der Waals surface area contributed by atoms with E-state index in [9.17, 15) is 9.59 Å². The minimum absolute atomic E-state index is 0.0434. The number of hydroxylamine groups is 1. The molecule has 0 radical (unpaired) electrons. The van der Waals surface area contributed by atoms with Crippen molar-refractivity contribution in [2.24, 2.45) is 0 Å². The maximum Gasteiger partial charge on any atom is 0.343 e. The summed E-state index contributed by atoms with van der Waals surface area (Å²) in [5.74, 6) is 0.527. The minimum atomic E-state index is -0.797. The van der Waals surface area contributed by atoms with Crippen molar-refractivity contribution in [1.82, 2.24) is 21.0 Å². The van der Waals surface area contributed by atoms with Crippen LogP contribution in [0, 0.1) is 0 Å². The second kappa shape index (κ2) is 12.5. The molecule has 1 aromatic heterocycles. The van der Waals surface area contributed by atoms with Crippen LogP contribution < -0.4 is 26.2 Å². The number of hydrogen-bond donors (Lipinski definition) is 5. The maximum atomic E-state index is 12.9. The van der Waals surface area contributed by atoms with Crippen LogP contribution in [0.4, 0.5) is 9.80 Å². The number of nitrogens with zero attached hydrogens (tertiary/aromatic N) is 1. The van der Waals surface area contributed by atoms with E-state index < -0.39 is 6.03 Å². The topological polar surface area (TPSA) is 115 Å². The molecule has 10 heteroatoms. The van der Waals surface area contributed by atoms with Crippen molar-refractivity contribution in [3.8, 4) is 16.2 Å². The molecular formula is C23H33N5O4S. The van der Waals surface area contributed by atoms with E-state index in [1.807, 2.05) is 24.3 Å². The van der Waals surface area contributed by atoms with Crippen molar-refractivity contribution >= 4 is 28.3 Å². The maximum absolute atomic E-state index is 12.9. The quantitative estimate of drug-likeness (QED) is 0.266. The second-order valence-corrected chi connectivity index (χ2v) is 8.89. The first kappa shape index (κ1) is 25.0. The number of amides is 3. The van der Waals surface area contributed by atoms with Gasteiger partial charge >= 0.3 is 6.03 Å². The normalized spacial score (nSPS) is 15.8. The van der Waals surface area contributed by atoms with Crippen molar-refractivity contribution in [1.29, 1.82) is 0 Å². The fourth-order valence-electron chi connectivity index (χ4n) is 3.71. The van der Waals surface area contributed by atoms with E-state index >= 15 is 0 Å². The van der Waals surface area contributed by atoms with Crippen molar-refractivity contribution < 1.29 is 19.5 Å². The van der Waals surface area contributed by atoms with Crippen LogP contribution in [-0.2, 0) is 0 Å². The lowest BCUT2D eigenvalue weighted by Gasteiger charge is -2.23. The Morgan fingerprint density at radius 3 is 2.64 bits per heavy atom. The molecule has 5 N–H and O–H groups in total. The van der Waals surface area contributed by atoms with Crippen LogP contribution in [0.5, 0.6) is 5.75 Å². The van der Waals surface area contributed by atoms with Gasteiger partial charge in [-0.05, 0) is 68.4 Å². The van der Waals surface area contributed by atoms with Gasteiger partial charge in [-0.15, -0.1) is 11.3 Å². The molecule has 0 aliphatic carbocycles. The molecule has 1 aliphatic rings. The summed E-state index contributed by atoms with van der Waals surface area (Å²) >= 11 is 1.27. The first-order valence-electron chi connectivity index (χ1n) is 11.4. The Labute approximate surface area is 198 Å². The van der Waals surface area contributed by atoms with Gasteiger partial charge in [0.15, 0.2) is 0 Å². The van der Waals surface area contributed by atoms with E-state index in [2.05, 4.69) is 34.7 Å². The molecule has 0 saturated carbocycles. The van der Waals surface area contributed by atoms with Crippen LogP contribution in [-0.4, -0.2) is 67.4 Å². The van der Waals surface area contributed by atoms with Crippen molar-refractivity contribution in [3.63, 3.8) is 0 Å². The first-order valence-corrected chi connectivity index (χ1v) is 12.2.